The first-order chi connectivity index (χ1) is 11.9. The van der Waals surface area contributed by atoms with Crippen LogP contribution in [0.2, 0.25) is 0 Å². The normalized spacial score (nSPS) is 15.8. The van der Waals surface area contributed by atoms with E-state index in [9.17, 15) is 13.6 Å². The van der Waals surface area contributed by atoms with Crippen molar-refractivity contribution in [2.45, 2.75) is 45.4 Å². The molecule has 5 nitrogen and oxygen atoms in total. The summed E-state index contributed by atoms with van der Waals surface area (Å²) in [5, 5.41) is 4.46. The van der Waals surface area contributed by atoms with Gasteiger partial charge in [0.15, 0.2) is 11.6 Å². The maximum atomic E-state index is 14.3. The molecule has 0 radical (unpaired) electrons. The molecular weight excluding hydrogens is 326 g/mol. The summed E-state index contributed by atoms with van der Waals surface area (Å²) < 4.78 is 29.0. The molecule has 0 spiro atoms. The number of nitrogens with zero attached hydrogens (tertiary/aromatic N) is 4. The van der Waals surface area contributed by atoms with E-state index >= 15 is 0 Å². The van der Waals surface area contributed by atoms with Gasteiger partial charge >= 0.3 is 0 Å². The van der Waals surface area contributed by atoms with Gasteiger partial charge in [0.2, 0.25) is 5.91 Å². The number of carbonyl (C=O) groups excluding carboxylic acids is 1. The quantitative estimate of drug-likeness (QED) is 0.854. The number of aromatic nitrogens is 3. The molecule has 1 aliphatic heterocycles. The Kier molecular flexibility index (Phi) is 4.83. The van der Waals surface area contributed by atoms with Gasteiger partial charge in [-0.3, -0.25) is 4.79 Å². The Labute approximate surface area is 145 Å². The standard InChI is InChI=1S/C18H22F2N4O/c1-11(2)17-21-18(13-6-8-23(9-7-13)12(3)25)24(22-17)16-5-4-14(19)10-15(16)20/h4-5,10-11,13H,6-9H2,1-3H3. The zero-order valence-electron chi connectivity index (χ0n) is 14.7. The Morgan fingerprint density at radius 3 is 2.48 bits per heavy atom. The van der Waals surface area contributed by atoms with Gasteiger partial charge < -0.3 is 4.90 Å². The second kappa shape index (κ2) is 6.90. The highest BCUT2D eigenvalue weighted by Gasteiger charge is 2.28. The van der Waals surface area contributed by atoms with Gasteiger partial charge in [0.25, 0.3) is 0 Å². The molecule has 0 atom stereocenters. The van der Waals surface area contributed by atoms with Crippen molar-refractivity contribution in [3.05, 3.63) is 41.5 Å². The fourth-order valence-electron chi connectivity index (χ4n) is 3.13. The van der Waals surface area contributed by atoms with Crippen molar-refractivity contribution in [1.82, 2.24) is 19.7 Å². The zero-order chi connectivity index (χ0) is 18.1. The molecule has 0 bridgehead atoms. The van der Waals surface area contributed by atoms with E-state index in [0.29, 0.717) is 24.7 Å². The number of benzene rings is 1. The monoisotopic (exact) mass is 348 g/mol. The Morgan fingerprint density at radius 1 is 1.24 bits per heavy atom. The van der Waals surface area contributed by atoms with Crippen molar-refractivity contribution in [1.29, 1.82) is 0 Å². The number of halogens is 2. The number of amides is 1. The average Bonchev–Trinajstić information content (AvgIpc) is 3.00. The van der Waals surface area contributed by atoms with Crippen LogP contribution in [0, 0.1) is 11.6 Å². The van der Waals surface area contributed by atoms with E-state index in [0.717, 1.165) is 18.9 Å². The highest BCUT2D eigenvalue weighted by Crippen LogP contribution is 2.30. The summed E-state index contributed by atoms with van der Waals surface area (Å²) in [6, 6.07) is 3.46. The summed E-state index contributed by atoms with van der Waals surface area (Å²) in [5.41, 5.74) is 0.199. The topological polar surface area (TPSA) is 51.0 Å². The molecule has 1 aromatic heterocycles. The second-order valence-electron chi connectivity index (χ2n) is 6.77. The first-order valence-corrected chi connectivity index (χ1v) is 8.54. The SMILES string of the molecule is CC(=O)N1CCC(c2nc(C(C)C)nn2-c2ccc(F)cc2F)CC1. The van der Waals surface area contributed by atoms with E-state index in [-0.39, 0.29) is 23.4 Å². The van der Waals surface area contributed by atoms with Gasteiger partial charge in [0.05, 0.1) is 0 Å². The molecule has 0 saturated carbocycles. The van der Waals surface area contributed by atoms with E-state index in [4.69, 9.17) is 0 Å². The maximum Gasteiger partial charge on any atom is 0.219 e. The van der Waals surface area contributed by atoms with Crippen LogP contribution in [0.25, 0.3) is 5.69 Å². The van der Waals surface area contributed by atoms with Gasteiger partial charge in [0.1, 0.15) is 17.3 Å². The van der Waals surface area contributed by atoms with Gasteiger partial charge in [-0.15, -0.1) is 0 Å². The van der Waals surface area contributed by atoms with Crippen LogP contribution in [-0.2, 0) is 4.79 Å². The summed E-state index contributed by atoms with van der Waals surface area (Å²) in [6.07, 6.45) is 1.50. The van der Waals surface area contributed by atoms with E-state index in [1.807, 2.05) is 13.8 Å². The van der Waals surface area contributed by atoms with E-state index in [2.05, 4.69) is 10.1 Å². The summed E-state index contributed by atoms with van der Waals surface area (Å²) in [4.78, 5) is 17.9. The summed E-state index contributed by atoms with van der Waals surface area (Å²) in [7, 11) is 0. The minimum atomic E-state index is -0.664. The van der Waals surface area contributed by atoms with Gasteiger partial charge in [-0.05, 0) is 25.0 Å². The lowest BCUT2D eigenvalue weighted by Crippen LogP contribution is -2.36. The van der Waals surface area contributed by atoms with Crippen LogP contribution in [-0.4, -0.2) is 38.7 Å². The van der Waals surface area contributed by atoms with Crippen molar-refractivity contribution >= 4 is 5.91 Å². The number of rotatable bonds is 3. The molecule has 1 aliphatic rings. The third kappa shape index (κ3) is 3.55. The predicted molar refractivity (Wildman–Crippen MR) is 89.6 cm³/mol. The molecule has 1 saturated heterocycles. The van der Waals surface area contributed by atoms with Crippen molar-refractivity contribution in [2.75, 3.05) is 13.1 Å². The number of likely N-dealkylation sites (tertiary alicyclic amines) is 1. The molecule has 7 heteroatoms. The van der Waals surface area contributed by atoms with Crippen LogP contribution in [0.5, 0.6) is 0 Å². The van der Waals surface area contributed by atoms with E-state index in [1.54, 1.807) is 11.8 Å². The Bertz CT molecular complexity index is 779. The molecule has 0 unspecified atom stereocenters. The van der Waals surface area contributed by atoms with Gasteiger partial charge in [-0.1, -0.05) is 13.8 Å². The van der Waals surface area contributed by atoms with Crippen LogP contribution < -0.4 is 0 Å². The maximum absolute atomic E-state index is 14.3. The fourth-order valence-corrected chi connectivity index (χ4v) is 3.13. The highest BCUT2D eigenvalue weighted by atomic mass is 19.1. The third-order valence-electron chi connectivity index (χ3n) is 4.61. The minimum Gasteiger partial charge on any atom is -0.343 e. The molecule has 0 N–H and O–H groups in total. The van der Waals surface area contributed by atoms with Crippen LogP contribution in [0.1, 0.15) is 57.1 Å². The van der Waals surface area contributed by atoms with Crippen LogP contribution in [0.15, 0.2) is 18.2 Å². The molecule has 1 aromatic carbocycles. The number of carbonyl (C=O) groups is 1. The van der Waals surface area contributed by atoms with Crippen molar-refractivity contribution < 1.29 is 13.6 Å². The van der Waals surface area contributed by atoms with Crippen LogP contribution in [0.4, 0.5) is 8.78 Å². The summed E-state index contributed by atoms with van der Waals surface area (Å²) in [6.45, 7) is 6.81. The van der Waals surface area contributed by atoms with Crippen LogP contribution in [0.3, 0.4) is 0 Å². The number of hydrogen-bond acceptors (Lipinski definition) is 3. The lowest BCUT2D eigenvalue weighted by molar-refractivity contribution is -0.129. The van der Waals surface area contributed by atoms with Crippen molar-refractivity contribution in [3.63, 3.8) is 0 Å². The van der Waals surface area contributed by atoms with Crippen molar-refractivity contribution in [2.24, 2.45) is 0 Å². The first kappa shape index (κ1) is 17.5. The average molecular weight is 348 g/mol. The summed E-state index contributed by atoms with van der Waals surface area (Å²) in [5.74, 6) is 0.266. The van der Waals surface area contributed by atoms with Crippen LogP contribution >= 0.6 is 0 Å². The Balaban J connectivity index is 1.97. The van der Waals surface area contributed by atoms with E-state index < -0.39 is 11.6 Å². The predicted octanol–water partition coefficient (Wildman–Crippen LogP) is 3.39. The third-order valence-corrected chi connectivity index (χ3v) is 4.61. The molecule has 134 valence electrons. The van der Waals surface area contributed by atoms with Gasteiger partial charge in [-0.2, -0.15) is 5.10 Å². The Morgan fingerprint density at radius 2 is 1.92 bits per heavy atom. The molecule has 1 fully saturated rings. The zero-order valence-corrected chi connectivity index (χ0v) is 14.7. The molecular formula is C18H22F2N4O. The number of piperidine rings is 1. The largest absolute Gasteiger partial charge is 0.343 e. The first-order valence-electron chi connectivity index (χ1n) is 8.54. The molecule has 2 aromatic rings. The second-order valence-corrected chi connectivity index (χ2v) is 6.77. The lowest BCUT2D eigenvalue weighted by atomic mass is 9.95. The molecule has 0 aliphatic carbocycles. The smallest absolute Gasteiger partial charge is 0.219 e. The van der Waals surface area contributed by atoms with E-state index in [1.165, 1.54) is 16.8 Å². The van der Waals surface area contributed by atoms with Gasteiger partial charge in [-0.25, -0.2) is 18.4 Å². The highest BCUT2D eigenvalue weighted by molar-refractivity contribution is 5.73. The molecule has 3 rings (SSSR count). The number of hydrogen-bond donors (Lipinski definition) is 0. The lowest BCUT2D eigenvalue weighted by Gasteiger charge is -2.30. The molecule has 25 heavy (non-hydrogen) atoms. The fraction of sp³-hybridized carbons (Fsp3) is 0.500. The molecule has 2 heterocycles. The van der Waals surface area contributed by atoms with Gasteiger partial charge in [0, 0.05) is 37.9 Å². The molecule has 1 amide bonds. The van der Waals surface area contributed by atoms with Crippen molar-refractivity contribution in [3.8, 4) is 5.69 Å². The summed E-state index contributed by atoms with van der Waals surface area (Å²) >= 11 is 0. The Hall–Kier alpha value is -2.31. The minimum absolute atomic E-state index is 0.0624.